The van der Waals surface area contributed by atoms with Gasteiger partial charge in [-0.05, 0) is 30.1 Å². The fraction of sp³-hybridized carbons (Fsp3) is 0.267. The van der Waals surface area contributed by atoms with Crippen LogP contribution in [-0.4, -0.2) is 21.4 Å². The number of hydrogen-bond acceptors (Lipinski definition) is 2. The van der Waals surface area contributed by atoms with Gasteiger partial charge in [0.05, 0.1) is 17.8 Å². The molecule has 2 heterocycles. The summed E-state index contributed by atoms with van der Waals surface area (Å²) in [7, 11) is 3.93. The molecule has 98 valence electrons. The average molecular weight is 254 g/mol. The van der Waals surface area contributed by atoms with Crippen LogP contribution < -0.4 is 5.32 Å². The summed E-state index contributed by atoms with van der Waals surface area (Å²) in [5, 5.41) is 8.96. The molecule has 4 nitrogen and oxygen atoms in total. The van der Waals surface area contributed by atoms with Gasteiger partial charge in [-0.3, -0.25) is 4.68 Å². The molecule has 0 fully saturated rings. The topological polar surface area (TPSA) is 34.8 Å². The van der Waals surface area contributed by atoms with E-state index in [1.165, 1.54) is 16.5 Å². The minimum absolute atomic E-state index is 0.811. The van der Waals surface area contributed by atoms with Crippen molar-refractivity contribution in [2.24, 2.45) is 7.05 Å². The first-order valence-electron chi connectivity index (χ1n) is 6.48. The molecule has 0 amide bonds. The predicted octanol–water partition coefficient (Wildman–Crippen LogP) is 2.14. The molecule has 3 rings (SSSR count). The van der Waals surface area contributed by atoms with E-state index in [4.69, 9.17) is 0 Å². The smallest absolute Gasteiger partial charge is 0.0821 e. The SMILES string of the molecule is CNCc1cccc2ccn(Cc3ccn(C)n3)c12. The molecule has 2 aromatic heterocycles. The highest BCUT2D eigenvalue weighted by Crippen LogP contribution is 2.21. The minimum atomic E-state index is 0.811. The molecule has 0 saturated heterocycles. The molecule has 0 saturated carbocycles. The zero-order valence-electron chi connectivity index (χ0n) is 11.3. The third-order valence-electron chi connectivity index (χ3n) is 3.34. The summed E-state index contributed by atoms with van der Waals surface area (Å²) in [5.74, 6) is 0. The number of nitrogens with zero attached hydrogens (tertiary/aromatic N) is 3. The number of para-hydroxylation sites is 1. The summed E-state index contributed by atoms with van der Waals surface area (Å²) in [4.78, 5) is 0. The van der Waals surface area contributed by atoms with Crippen molar-refractivity contribution in [2.75, 3.05) is 7.05 Å². The standard InChI is InChI=1S/C15H18N4/c1-16-10-13-5-3-4-12-6-9-19(15(12)13)11-14-7-8-18(2)17-14/h3-9,16H,10-11H2,1-2H3. The fourth-order valence-electron chi connectivity index (χ4n) is 2.53. The number of hydrogen-bond donors (Lipinski definition) is 1. The van der Waals surface area contributed by atoms with Crippen LogP contribution in [0.3, 0.4) is 0 Å². The summed E-state index contributed by atoms with van der Waals surface area (Å²) < 4.78 is 4.11. The van der Waals surface area contributed by atoms with Crippen molar-refractivity contribution in [3.05, 3.63) is 54.0 Å². The van der Waals surface area contributed by atoms with Gasteiger partial charge in [0.1, 0.15) is 0 Å². The Morgan fingerprint density at radius 1 is 1.16 bits per heavy atom. The molecule has 0 bridgehead atoms. The number of nitrogens with one attached hydrogen (secondary N) is 1. The normalized spacial score (nSPS) is 11.3. The number of fused-ring (bicyclic) bond motifs is 1. The van der Waals surface area contributed by atoms with Crippen LogP contribution in [0.2, 0.25) is 0 Å². The van der Waals surface area contributed by atoms with Crippen molar-refractivity contribution >= 4 is 10.9 Å². The van der Waals surface area contributed by atoms with Crippen LogP contribution >= 0.6 is 0 Å². The van der Waals surface area contributed by atoms with Crippen LogP contribution in [0.5, 0.6) is 0 Å². The van der Waals surface area contributed by atoms with Gasteiger partial charge in [0.25, 0.3) is 0 Å². The van der Waals surface area contributed by atoms with Crippen LogP contribution in [0.4, 0.5) is 0 Å². The first kappa shape index (κ1) is 12.0. The molecule has 0 spiro atoms. The molecule has 4 heteroatoms. The number of aromatic nitrogens is 3. The lowest BCUT2D eigenvalue weighted by molar-refractivity contribution is 0.714. The molecule has 1 aromatic carbocycles. The summed E-state index contributed by atoms with van der Waals surface area (Å²) in [5.41, 5.74) is 3.70. The summed E-state index contributed by atoms with van der Waals surface area (Å²) >= 11 is 0. The minimum Gasteiger partial charge on any atom is -0.341 e. The number of rotatable bonds is 4. The highest BCUT2D eigenvalue weighted by Gasteiger charge is 2.07. The lowest BCUT2D eigenvalue weighted by Gasteiger charge is -2.08. The van der Waals surface area contributed by atoms with Gasteiger partial charge in [0.15, 0.2) is 0 Å². The Morgan fingerprint density at radius 3 is 2.79 bits per heavy atom. The number of benzene rings is 1. The van der Waals surface area contributed by atoms with Crippen molar-refractivity contribution in [1.29, 1.82) is 0 Å². The molecular weight excluding hydrogens is 236 g/mol. The van der Waals surface area contributed by atoms with Crippen molar-refractivity contribution in [1.82, 2.24) is 19.7 Å². The van der Waals surface area contributed by atoms with Gasteiger partial charge < -0.3 is 9.88 Å². The molecular formula is C15H18N4. The predicted molar refractivity (Wildman–Crippen MR) is 77.0 cm³/mol. The molecule has 19 heavy (non-hydrogen) atoms. The van der Waals surface area contributed by atoms with E-state index in [2.05, 4.69) is 51.5 Å². The molecule has 0 aliphatic heterocycles. The Balaban J connectivity index is 2.03. The largest absolute Gasteiger partial charge is 0.341 e. The first-order chi connectivity index (χ1) is 9.28. The van der Waals surface area contributed by atoms with Crippen LogP contribution in [-0.2, 0) is 20.1 Å². The van der Waals surface area contributed by atoms with Crippen LogP contribution in [0, 0.1) is 0 Å². The van der Waals surface area contributed by atoms with Gasteiger partial charge in [-0.1, -0.05) is 18.2 Å². The third-order valence-corrected chi connectivity index (χ3v) is 3.34. The molecule has 0 aliphatic rings. The Hall–Kier alpha value is -2.07. The monoisotopic (exact) mass is 254 g/mol. The van der Waals surface area contributed by atoms with Crippen molar-refractivity contribution < 1.29 is 0 Å². The Bertz CT molecular complexity index is 693. The maximum atomic E-state index is 4.45. The van der Waals surface area contributed by atoms with E-state index in [1.807, 2.05) is 25.0 Å². The second-order valence-electron chi connectivity index (χ2n) is 4.81. The van der Waals surface area contributed by atoms with E-state index >= 15 is 0 Å². The summed E-state index contributed by atoms with van der Waals surface area (Å²) in [6, 6.07) is 10.7. The van der Waals surface area contributed by atoms with Gasteiger partial charge in [0, 0.05) is 26.0 Å². The second-order valence-corrected chi connectivity index (χ2v) is 4.81. The van der Waals surface area contributed by atoms with Crippen LogP contribution in [0.1, 0.15) is 11.3 Å². The van der Waals surface area contributed by atoms with E-state index in [1.54, 1.807) is 0 Å². The Morgan fingerprint density at radius 2 is 2.05 bits per heavy atom. The molecule has 3 aromatic rings. The van der Waals surface area contributed by atoms with Gasteiger partial charge >= 0.3 is 0 Å². The highest BCUT2D eigenvalue weighted by molar-refractivity contribution is 5.83. The lowest BCUT2D eigenvalue weighted by Crippen LogP contribution is -2.08. The van der Waals surface area contributed by atoms with E-state index in [9.17, 15) is 0 Å². The quantitative estimate of drug-likeness (QED) is 0.774. The van der Waals surface area contributed by atoms with Gasteiger partial charge in [0.2, 0.25) is 0 Å². The zero-order chi connectivity index (χ0) is 13.2. The third kappa shape index (κ3) is 2.27. The van der Waals surface area contributed by atoms with E-state index < -0.39 is 0 Å². The first-order valence-corrected chi connectivity index (χ1v) is 6.48. The fourth-order valence-corrected chi connectivity index (χ4v) is 2.53. The van der Waals surface area contributed by atoms with E-state index in [0.717, 1.165) is 18.8 Å². The molecule has 0 aliphatic carbocycles. The molecule has 0 atom stereocenters. The molecule has 0 unspecified atom stereocenters. The van der Waals surface area contributed by atoms with Gasteiger partial charge in [-0.2, -0.15) is 5.10 Å². The molecule has 1 N–H and O–H groups in total. The second kappa shape index (κ2) is 4.90. The lowest BCUT2D eigenvalue weighted by atomic mass is 10.1. The van der Waals surface area contributed by atoms with Gasteiger partial charge in [-0.15, -0.1) is 0 Å². The number of aryl methyl sites for hydroxylation is 1. The van der Waals surface area contributed by atoms with Crippen LogP contribution in [0.25, 0.3) is 10.9 Å². The van der Waals surface area contributed by atoms with E-state index in [-0.39, 0.29) is 0 Å². The van der Waals surface area contributed by atoms with E-state index in [0.29, 0.717) is 0 Å². The average Bonchev–Trinajstić information content (AvgIpc) is 2.98. The Labute approximate surface area is 112 Å². The van der Waals surface area contributed by atoms with Crippen molar-refractivity contribution in [3.63, 3.8) is 0 Å². The maximum absolute atomic E-state index is 4.45. The summed E-state index contributed by atoms with van der Waals surface area (Å²) in [6.07, 6.45) is 4.12. The van der Waals surface area contributed by atoms with Crippen LogP contribution in [0.15, 0.2) is 42.7 Å². The zero-order valence-corrected chi connectivity index (χ0v) is 11.3. The Kier molecular flexibility index (Phi) is 3.09. The van der Waals surface area contributed by atoms with Crippen molar-refractivity contribution in [3.8, 4) is 0 Å². The van der Waals surface area contributed by atoms with Crippen molar-refractivity contribution in [2.45, 2.75) is 13.1 Å². The molecule has 0 radical (unpaired) electrons. The summed E-state index contributed by atoms with van der Waals surface area (Å²) in [6.45, 7) is 1.69. The van der Waals surface area contributed by atoms with Gasteiger partial charge in [-0.25, -0.2) is 0 Å². The highest BCUT2D eigenvalue weighted by atomic mass is 15.3. The maximum Gasteiger partial charge on any atom is 0.0821 e.